The first kappa shape index (κ1) is 13.2. The van der Waals surface area contributed by atoms with Gasteiger partial charge in [-0.15, -0.1) is 12.4 Å². The van der Waals surface area contributed by atoms with Crippen LogP contribution in [-0.4, -0.2) is 11.5 Å². The molecule has 1 aliphatic heterocycles. The lowest BCUT2D eigenvalue weighted by molar-refractivity contribution is 0.641. The van der Waals surface area contributed by atoms with E-state index in [9.17, 15) is 0 Å². The standard InChI is InChI=1S/C17H16N2.ClH/c1-2-4-12(5-3-1)13-6-7-14-15-11-18-9-8-16(15)19-17(14)10-13;/h1-7,10,18-19H,8-9,11H2;1H. The molecule has 0 bridgehead atoms. The van der Waals surface area contributed by atoms with E-state index < -0.39 is 0 Å². The molecule has 0 fully saturated rings. The molecule has 0 amide bonds. The van der Waals surface area contributed by atoms with Gasteiger partial charge in [0.25, 0.3) is 0 Å². The second-order valence-electron chi connectivity index (χ2n) is 5.14. The number of aromatic nitrogens is 1. The number of rotatable bonds is 1. The lowest BCUT2D eigenvalue weighted by Gasteiger charge is -2.12. The minimum atomic E-state index is 0. The Morgan fingerprint density at radius 1 is 0.900 bits per heavy atom. The van der Waals surface area contributed by atoms with Crippen LogP contribution in [0.25, 0.3) is 22.0 Å². The monoisotopic (exact) mass is 284 g/mol. The summed E-state index contributed by atoms with van der Waals surface area (Å²) in [7, 11) is 0. The van der Waals surface area contributed by atoms with Gasteiger partial charge < -0.3 is 10.3 Å². The van der Waals surface area contributed by atoms with Crippen LogP contribution in [0.2, 0.25) is 0 Å². The average Bonchev–Trinajstić information content (AvgIpc) is 2.86. The van der Waals surface area contributed by atoms with Gasteiger partial charge in [0.15, 0.2) is 0 Å². The van der Waals surface area contributed by atoms with Crippen LogP contribution >= 0.6 is 12.4 Å². The minimum Gasteiger partial charge on any atom is -0.358 e. The molecule has 1 aromatic heterocycles. The Balaban J connectivity index is 0.00000121. The van der Waals surface area contributed by atoms with E-state index in [-0.39, 0.29) is 12.4 Å². The van der Waals surface area contributed by atoms with Crippen molar-refractivity contribution >= 4 is 23.3 Å². The van der Waals surface area contributed by atoms with Crippen LogP contribution in [0.1, 0.15) is 11.3 Å². The average molecular weight is 285 g/mol. The highest BCUT2D eigenvalue weighted by atomic mass is 35.5. The first-order valence-electron chi connectivity index (χ1n) is 6.81. The molecule has 0 saturated carbocycles. The highest BCUT2D eigenvalue weighted by Crippen LogP contribution is 2.29. The smallest absolute Gasteiger partial charge is 0.0465 e. The normalized spacial score (nSPS) is 13.8. The Morgan fingerprint density at radius 3 is 2.60 bits per heavy atom. The molecule has 2 nitrogen and oxygen atoms in total. The molecule has 1 aliphatic rings. The Morgan fingerprint density at radius 2 is 1.75 bits per heavy atom. The molecule has 3 aromatic rings. The van der Waals surface area contributed by atoms with E-state index in [0.29, 0.717) is 0 Å². The van der Waals surface area contributed by atoms with E-state index in [1.165, 1.54) is 33.3 Å². The highest BCUT2D eigenvalue weighted by molar-refractivity contribution is 5.89. The fraction of sp³-hybridized carbons (Fsp3) is 0.176. The van der Waals surface area contributed by atoms with Crippen LogP contribution in [0.15, 0.2) is 48.5 Å². The van der Waals surface area contributed by atoms with Gasteiger partial charge >= 0.3 is 0 Å². The predicted molar refractivity (Wildman–Crippen MR) is 86.4 cm³/mol. The molecule has 0 spiro atoms. The van der Waals surface area contributed by atoms with Crippen LogP contribution in [-0.2, 0) is 13.0 Å². The summed E-state index contributed by atoms with van der Waals surface area (Å²) in [5, 5.41) is 4.81. The molecule has 20 heavy (non-hydrogen) atoms. The number of fused-ring (bicyclic) bond motifs is 3. The van der Waals surface area contributed by atoms with Gasteiger partial charge in [-0.1, -0.05) is 42.5 Å². The van der Waals surface area contributed by atoms with Crippen molar-refractivity contribution in [3.05, 3.63) is 59.8 Å². The van der Waals surface area contributed by atoms with E-state index in [2.05, 4.69) is 58.8 Å². The van der Waals surface area contributed by atoms with Crippen molar-refractivity contribution in [1.29, 1.82) is 0 Å². The summed E-state index contributed by atoms with van der Waals surface area (Å²) >= 11 is 0. The van der Waals surface area contributed by atoms with Crippen molar-refractivity contribution in [2.24, 2.45) is 0 Å². The molecule has 4 rings (SSSR count). The van der Waals surface area contributed by atoms with Crippen molar-refractivity contribution < 1.29 is 0 Å². The van der Waals surface area contributed by atoms with E-state index in [1.54, 1.807) is 0 Å². The van der Waals surface area contributed by atoms with Crippen LogP contribution < -0.4 is 5.32 Å². The second kappa shape index (κ2) is 5.31. The van der Waals surface area contributed by atoms with Crippen molar-refractivity contribution in [2.75, 3.05) is 6.54 Å². The van der Waals surface area contributed by atoms with E-state index in [4.69, 9.17) is 0 Å². The molecule has 3 heteroatoms. The predicted octanol–water partition coefficient (Wildman–Crippen LogP) is 3.90. The topological polar surface area (TPSA) is 27.8 Å². The number of halogens is 1. The molecule has 0 aliphatic carbocycles. The van der Waals surface area contributed by atoms with Gasteiger partial charge in [0.2, 0.25) is 0 Å². The number of hydrogen-bond donors (Lipinski definition) is 2. The first-order valence-corrected chi connectivity index (χ1v) is 6.81. The van der Waals surface area contributed by atoms with E-state index in [1.807, 2.05) is 0 Å². The molecule has 0 unspecified atom stereocenters. The number of hydrogen-bond acceptors (Lipinski definition) is 1. The third-order valence-electron chi connectivity index (χ3n) is 3.96. The molecular formula is C17H17ClN2. The quantitative estimate of drug-likeness (QED) is 0.697. The van der Waals surface area contributed by atoms with Crippen LogP contribution in [0.3, 0.4) is 0 Å². The van der Waals surface area contributed by atoms with Crippen LogP contribution in [0.4, 0.5) is 0 Å². The molecule has 2 N–H and O–H groups in total. The van der Waals surface area contributed by atoms with E-state index in [0.717, 1.165) is 19.5 Å². The third kappa shape index (κ3) is 2.11. The number of benzene rings is 2. The summed E-state index contributed by atoms with van der Waals surface area (Å²) < 4.78 is 0. The zero-order chi connectivity index (χ0) is 12.7. The maximum atomic E-state index is 3.59. The molecular weight excluding hydrogens is 268 g/mol. The van der Waals surface area contributed by atoms with Crippen LogP contribution in [0.5, 0.6) is 0 Å². The largest absolute Gasteiger partial charge is 0.358 e. The van der Waals surface area contributed by atoms with Crippen molar-refractivity contribution in [3.8, 4) is 11.1 Å². The van der Waals surface area contributed by atoms with Gasteiger partial charge in [-0.3, -0.25) is 0 Å². The maximum absolute atomic E-state index is 3.59. The van der Waals surface area contributed by atoms with Gasteiger partial charge in [0, 0.05) is 36.1 Å². The fourth-order valence-corrected chi connectivity index (χ4v) is 2.96. The van der Waals surface area contributed by atoms with Crippen molar-refractivity contribution in [3.63, 3.8) is 0 Å². The molecule has 0 atom stereocenters. The maximum Gasteiger partial charge on any atom is 0.0465 e. The highest BCUT2D eigenvalue weighted by Gasteiger charge is 2.14. The van der Waals surface area contributed by atoms with Gasteiger partial charge in [0.1, 0.15) is 0 Å². The van der Waals surface area contributed by atoms with Crippen molar-refractivity contribution in [2.45, 2.75) is 13.0 Å². The van der Waals surface area contributed by atoms with Gasteiger partial charge in [-0.05, 0) is 22.8 Å². The SMILES string of the molecule is Cl.c1ccc(-c2ccc3c4c([nH]c3c2)CCNC4)cc1. The Kier molecular flexibility index (Phi) is 3.51. The van der Waals surface area contributed by atoms with Crippen LogP contribution in [0, 0.1) is 0 Å². The fourth-order valence-electron chi connectivity index (χ4n) is 2.96. The number of H-pyrrole nitrogens is 1. The molecule has 102 valence electrons. The summed E-state index contributed by atoms with van der Waals surface area (Å²) in [6.07, 6.45) is 1.10. The molecule has 0 saturated heterocycles. The number of nitrogens with one attached hydrogen (secondary N) is 2. The van der Waals surface area contributed by atoms with Gasteiger partial charge in [-0.2, -0.15) is 0 Å². The summed E-state index contributed by atoms with van der Waals surface area (Å²) in [6, 6.07) is 17.3. The van der Waals surface area contributed by atoms with Gasteiger partial charge in [0.05, 0.1) is 0 Å². The molecule has 0 radical (unpaired) electrons. The Hall–Kier alpha value is -1.77. The van der Waals surface area contributed by atoms with E-state index >= 15 is 0 Å². The molecule has 2 heterocycles. The number of aromatic amines is 1. The second-order valence-corrected chi connectivity index (χ2v) is 5.14. The summed E-state index contributed by atoms with van der Waals surface area (Å²) in [4.78, 5) is 3.59. The summed E-state index contributed by atoms with van der Waals surface area (Å²) in [6.45, 7) is 2.06. The zero-order valence-corrected chi connectivity index (χ0v) is 12.0. The zero-order valence-electron chi connectivity index (χ0n) is 11.1. The molecule has 2 aromatic carbocycles. The third-order valence-corrected chi connectivity index (χ3v) is 3.96. The first-order chi connectivity index (χ1) is 9.42. The Labute approximate surface area is 124 Å². The summed E-state index contributed by atoms with van der Waals surface area (Å²) in [5.41, 5.74) is 6.66. The minimum absolute atomic E-state index is 0. The van der Waals surface area contributed by atoms with Gasteiger partial charge in [-0.25, -0.2) is 0 Å². The lowest BCUT2D eigenvalue weighted by Crippen LogP contribution is -2.22. The Bertz CT molecular complexity index is 731. The summed E-state index contributed by atoms with van der Waals surface area (Å²) in [5.74, 6) is 0. The van der Waals surface area contributed by atoms with Crippen molar-refractivity contribution in [1.82, 2.24) is 10.3 Å². The lowest BCUT2D eigenvalue weighted by atomic mass is 10.0.